The van der Waals surface area contributed by atoms with Crippen LogP contribution in [0.2, 0.25) is 0 Å². The molecule has 3 aromatic rings. The van der Waals surface area contributed by atoms with Crippen molar-refractivity contribution in [3.8, 4) is 0 Å². The molecule has 1 unspecified atom stereocenters. The minimum absolute atomic E-state index is 0.0774. The summed E-state index contributed by atoms with van der Waals surface area (Å²) in [6.07, 6.45) is 9.96. The van der Waals surface area contributed by atoms with E-state index in [1.807, 2.05) is 54.6 Å². The Kier molecular flexibility index (Phi) is 14.1. The van der Waals surface area contributed by atoms with E-state index in [2.05, 4.69) is 94.1 Å². The molecule has 0 aliphatic heterocycles. The molecule has 0 heterocycles. The van der Waals surface area contributed by atoms with Gasteiger partial charge in [0, 0.05) is 17.9 Å². The van der Waals surface area contributed by atoms with Crippen LogP contribution in [0.25, 0.3) is 0 Å². The van der Waals surface area contributed by atoms with Crippen molar-refractivity contribution in [1.82, 2.24) is 10.0 Å². The number of rotatable bonds is 12. The Morgan fingerprint density at radius 1 is 0.762 bits per heavy atom. The summed E-state index contributed by atoms with van der Waals surface area (Å²) in [4.78, 5) is 14.2. The average Bonchev–Trinajstić information content (AvgIpc) is 3.01. The van der Waals surface area contributed by atoms with E-state index in [9.17, 15) is 4.79 Å². The SMILES string of the molecule is CC(C)c1cc(C(C)C)c(SNCC(NC(=O)CCC2=CCC=CC2)c2ccccc2)c(C(C)C)c1.c1ccccc1. The second-order valence-corrected chi connectivity index (χ2v) is 12.8. The first-order valence-corrected chi connectivity index (χ1v) is 16.3. The van der Waals surface area contributed by atoms with E-state index in [0.717, 1.165) is 24.8 Å². The molecule has 3 nitrogen and oxygen atoms in total. The third-order valence-electron chi connectivity index (χ3n) is 7.51. The zero-order valence-electron chi connectivity index (χ0n) is 26.4. The summed E-state index contributed by atoms with van der Waals surface area (Å²) in [5.74, 6) is 1.50. The summed E-state index contributed by atoms with van der Waals surface area (Å²) in [5, 5.41) is 3.30. The van der Waals surface area contributed by atoms with Crippen LogP contribution in [0, 0.1) is 0 Å². The number of hydrogen-bond donors (Lipinski definition) is 2. The molecule has 0 aromatic heterocycles. The lowest BCUT2D eigenvalue weighted by Crippen LogP contribution is -2.34. The van der Waals surface area contributed by atoms with Crippen molar-refractivity contribution >= 4 is 17.9 Å². The van der Waals surface area contributed by atoms with Crippen LogP contribution in [0.15, 0.2) is 108 Å². The summed E-state index contributed by atoms with van der Waals surface area (Å²) in [6.45, 7) is 14.3. The fourth-order valence-electron chi connectivity index (χ4n) is 4.92. The maximum absolute atomic E-state index is 12.9. The monoisotopic (exact) mass is 582 g/mol. The molecule has 224 valence electrons. The molecular formula is C38H50N2OS. The lowest BCUT2D eigenvalue weighted by Gasteiger charge is -2.24. The maximum atomic E-state index is 12.9. The Morgan fingerprint density at radius 2 is 1.33 bits per heavy atom. The van der Waals surface area contributed by atoms with Crippen LogP contribution in [0.3, 0.4) is 0 Å². The molecule has 4 rings (SSSR count). The van der Waals surface area contributed by atoms with Crippen LogP contribution in [-0.2, 0) is 4.79 Å². The number of benzene rings is 3. The predicted molar refractivity (Wildman–Crippen MR) is 182 cm³/mol. The Labute approximate surface area is 259 Å². The molecule has 0 spiro atoms. The molecule has 0 bridgehead atoms. The van der Waals surface area contributed by atoms with E-state index in [0.29, 0.717) is 30.7 Å². The maximum Gasteiger partial charge on any atom is 0.220 e. The van der Waals surface area contributed by atoms with Crippen molar-refractivity contribution in [3.63, 3.8) is 0 Å². The molecule has 0 saturated heterocycles. The molecule has 1 aliphatic rings. The van der Waals surface area contributed by atoms with Gasteiger partial charge in [-0.3, -0.25) is 9.52 Å². The fourth-order valence-corrected chi connectivity index (χ4v) is 6.14. The largest absolute Gasteiger partial charge is 0.348 e. The quantitative estimate of drug-likeness (QED) is 0.165. The van der Waals surface area contributed by atoms with Gasteiger partial charge in [-0.05, 0) is 71.2 Å². The second kappa shape index (κ2) is 17.8. The van der Waals surface area contributed by atoms with Gasteiger partial charge in [0.1, 0.15) is 0 Å². The molecule has 1 atom stereocenters. The first-order valence-electron chi connectivity index (χ1n) is 15.5. The van der Waals surface area contributed by atoms with E-state index in [1.165, 1.54) is 27.2 Å². The highest BCUT2D eigenvalue weighted by atomic mass is 32.2. The first-order chi connectivity index (χ1) is 20.3. The molecular weight excluding hydrogens is 532 g/mol. The summed E-state index contributed by atoms with van der Waals surface area (Å²) in [5.41, 5.74) is 6.70. The topological polar surface area (TPSA) is 41.1 Å². The number of carbonyl (C=O) groups excluding carboxylic acids is 1. The van der Waals surface area contributed by atoms with Crippen molar-refractivity contribution in [2.45, 2.75) is 95.9 Å². The van der Waals surface area contributed by atoms with Crippen LogP contribution >= 0.6 is 11.9 Å². The van der Waals surface area contributed by atoms with Crippen LogP contribution in [0.4, 0.5) is 0 Å². The second-order valence-electron chi connectivity index (χ2n) is 11.9. The highest BCUT2D eigenvalue weighted by molar-refractivity contribution is 7.97. The van der Waals surface area contributed by atoms with E-state index in [1.54, 1.807) is 11.9 Å². The Morgan fingerprint density at radius 3 is 1.83 bits per heavy atom. The summed E-state index contributed by atoms with van der Waals surface area (Å²) >= 11 is 1.72. The number of hydrogen-bond acceptors (Lipinski definition) is 3. The van der Waals surface area contributed by atoms with E-state index >= 15 is 0 Å². The third kappa shape index (κ3) is 11.0. The molecule has 3 aromatic carbocycles. The van der Waals surface area contributed by atoms with Gasteiger partial charge in [0.15, 0.2) is 0 Å². The third-order valence-corrected chi connectivity index (χ3v) is 8.49. The minimum atomic E-state index is -0.0774. The van der Waals surface area contributed by atoms with Gasteiger partial charge < -0.3 is 5.32 Å². The highest BCUT2D eigenvalue weighted by Crippen LogP contribution is 2.37. The average molecular weight is 583 g/mol. The number of carbonyl (C=O) groups is 1. The van der Waals surface area contributed by atoms with E-state index < -0.39 is 0 Å². The normalized spacial score (nSPS) is 13.5. The zero-order chi connectivity index (χ0) is 30.3. The van der Waals surface area contributed by atoms with Crippen LogP contribution < -0.4 is 10.0 Å². The Bertz CT molecular complexity index is 1220. The van der Waals surface area contributed by atoms with Gasteiger partial charge in [0.05, 0.1) is 6.04 Å². The van der Waals surface area contributed by atoms with E-state index in [-0.39, 0.29) is 11.9 Å². The highest BCUT2D eigenvalue weighted by Gasteiger charge is 2.20. The first kappa shape index (κ1) is 33.4. The van der Waals surface area contributed by atoms with Crippen molar-refractivity contribution in [2.24, 2.45) is 0 Å². The lowest BCUT2D eigenvalue weighted by atomic mass is 9.89. The van der Waals surface area contributed by atoms with Gasteiger partial charge in [-0.2, -0.15) is 0 Å². The summed E-state index contributed by atoms with van der Waals surface area (Å²) in [6, 6.07) is 27.0. The Balaban J connectivity index is 0.000000715. The van der Waals surface area contributed by atoms with Gasteiger partial charge in [0.25, 0.3) is 0 Å². The lowest BCUT2D eigenvalue weighted by molar-refractivity contribution is -0.121. The van der Waals surface area contributed by atoms with Crippen LogP contribution in [0.5, 0.6) is 0 Å². The molecule has 42 heavy (non-hydrogen) atoms. The molecule has 0 radical (unpaired) electrons. The standard InChI is InChI=1S/C32H44N2OS.C6H6/c1-22(2)27-19-28(23(3)4)32(29(20-27)24(5)6)36-33-21-30(26-15-11-8-12-16-26)34-31(35)18-17-25-13-9-7-10-14-25;1-2-4-6-5-3-1/h7-9,11-12,14-16,19-20,22-24,30,33H,10,13,17-18,21H2,1-6H3,(H,34,35);1-6H. The van der Waals surface area contributed by atoms with Crippen LogP contribution in [-0.4, -0.2) is 12.5 Å². The molecule has 0 saturated carbocycles. The van der Waals surface area contributed by atoms with Gasteiger partial charge in [0.2, 0.25) is 5.91 Å². The minimum Gasteiger partial charge on any atom is -0.348 e. The van der Waals surface area contributed by atoms with Crippen molar-refractivity contribution < 1.29 is 4.79 Å². The number of nitrogens with one attached hydrogen (secondary N) is 2. The smallest absolute Gasteiger partial charge is 0.220 e. The molecule has 1 amide bonds. The van der Waals surface area contributed by atoms with E-state index in [4.69, 9.17) is 0 Å². The van der Waals surface area contributed by atoms with Crippen molar-refractivity contribution in [3.05, 3.63) is 125 Å². The molecule has 0 fully saturated rings. The van der Waals surface area contributed by atoms with Gasteiger partial charge in [-0.1, -0.05) is 144 Å². The number of allylic oxidation sites excluding steroid dienone is 4. The summed E-state index contributed by atoms with van der Waals surface area (Å²) in [7, 11) is 0. The zero-order valence-corrected chi connectivity index (χ0v) is 27.2. The van der Waals surface area contributed by atoms with Crippen molar-refractivity contribution in [1.29, 1.82) is 0 Å². The van der Waals surface area contributed by atoms with Crippen LogP contribution in [0.1, 0.15) is 113 Å². The van der Waals surface area contributed by atoms with Gasteiger partial charge in [-0.15, -0.1) is 0 Å². The van der Waals surface area contributed by atoms with Gasteiger partial charge in [-0.25, -0.2) is 0 Å². The predicted octanol–water partition coefficient (Wildman–Crippen LogP) is 10.3. The molecule has 4 heteroatoms. The Hall–Kier alpha value is -3.08. The molecule has 2 N–H and O–H groups in total. The molecule has 1 aliphatic carbocycles. The van der Waals surface area contributed by atoms with Crippen molar-refractivity contribution in [2.75, 3.05) is 6.54 Å². The fraction of sp³-hybridized carbons (Fsp3) is 0.395. The summed E-state index contributed by atoms with van der Waals surface area (Å²) < 4.78 is 3.63. The number of amides is 1. The van der Waals surface area contributed by atoms with Gasteiger partial charge >= 0.3 is 0 Å².